The highest BCUT2D eigenvalue weighted by Crippen LogP contribution is 2.26. The van der Waals surface area contributed by atoms with Crippen LogP contribution in [0, 0.1) is 13.8 Å². The van der Waals surface area contributed by atoms with Crippen LogP contribution in [0.5, 0.6) is 5.75 Å². The van der Waals surface area contributed by atoms with E-state index in [0.717, 1.165) is 11.4 Å². The summed E-state index contributed by atoms with van der Waals surface area (Å²) in [7, 11) is 0. The fourth-order valence-corrected chi connectivity index (χ4v) is 1.78. The van der Waals surface area contributed by atoms with E-state index in [4.69, 9.17) is 0 Å². The van der Waals surface area contributed by atoms with Gasteiger partial charge in [-0.1, -0.05) is 18.2 Å². The molecule has 82 valence electrons. The maximum Gasteiger partial charge on any atom is 0.139 e. The molecule has 2 aromatic carbocycles. The molecule has 2 N–H and O–H groups in total. The summed E-state index contributed by atoms with van der Waals surface area (Å²) < 4.78 is 0. The Hall–Kier alpha value is -1.96. The Labute approximate surface area is 95.6 Å². The van der Waals surface area contributed by atoms with Crippen molar-refractivity contribution >= 4 is 11.4 Å². The minimum Gasteiger partial charge on any atom is -0.506 e. The standard InChI is InChI=1S/C14H15NO/c1-10-7-11(2)9-12(8-10)15-13-5-3-4-6-14(13)16/h3-9,15-16H,1-2H3. The summed E-state index contributed by atoms with van der Waals surface area (Å²) in [4.78, 5) is 0. The fraction of sp³-hybridized carbons (Fsp3) is 0.143. The molecule has 0 aliphatic heterocycles. The highest BCUT2D eigenvalue weighted by molar-refractivity contribution is 5.66. The third kappa shape index (κ3) is 2.34. The van der Waals surface area contributed by atoms with Gasteiger partial charge in [-0.25, -0.2) is 0 Å². The number of hydrogen-bond donors (Lipinski definition) is 2. The van der Waals surface area contributed by atoms with Crippen LogP contribution in [-0.2, 0) is 0 Å². The lowest BCUT2D eigenvalue weighted by atomic mass is 10.1. The number of phenols is 1. The van der Waals surface area contributed by atoms with Crippen LogP contribution in [0.25, 0.3) is 0 Å². The first kappa shape index (κ1) is 10.6. The minimum absolute atomic E-state index is 0.265. The summed E-state index contributed by atoms with van der Waals surface area (Å²) in [6, 6.07) is 13.5. The molecule has 0 atom stereocenters. The first-order valence-corrected chi connectivity index (χ1v) is 5.28. The Balaban J connectivity index is 2.30. The number of rotatable bonds is 2. The average Bonchev–Trinajstić information content (AvgIpc) is 2.20. The van der Waals surface area contributed by atoms with Gasteiger partial charge < -0.3 is 10.4 Å². The van der Waals surface area contributed by atoms with Crippen molar-refractivity contribution in [2.45, 2.75) is 13.8 Å². The van der Waals surface area contributed by atoms with Crippen LogP contribution in [-0.4, -0.2) is 5.11 Å². The molecule has 0 aliphatic carbocycles. The second-order valence-electron chi connectivity index (χ2n) is 4.02. The van der Waals surface area contributed by atoms with Crippen LogP contribution in [0.4, 0.5) is 11.4 Å². The van der Waals surface area contributed by atoms with E-state index in [9.17, 15) is 5.11 Å². The van der Waals surface area contributed by atoms with Gasteiger partial charge in [0, 0.05) is 5.69 Å². The van der Waals surface area contributed by atoms with Crippen molar-refractivity contribution in [1.29, 1.82) is 0 Å². The molecule has 0 radical (unpaired) electrons. The van der Waals surface area contributed by atoms with Crippen molar-refractivity contribution in [1.82, 2.24) is 0 Å². The van der Waals surface area contributed by atoms with Gasteiger partial charge in [0.1, 0.15) is 5.75 Å². The molecule has 0 aromatic heterocycles. The summed E-state index contributed by atoms with van der Waals surface area (Å²) in [5, 5.41) is 12.9. The maximum atomic E-state index is 9.65. The summed E-state index contributed by atoms with van der Waals surface area (Å²) in [5.41, 5.74) is 4.14. The smallest absolute Gasteiger partial charge is 0.139 e. The minimum atomic E-state index is 0.265. The largest absolute Gasteiger partial charge is 0.506 e. The predicted octanol–water partition coefficient (Wildman–Crippen LogP) is 3.75. The highest BCUT2D eigenvalue weighted by Gasteiger charge is 2.00. The number of para-hydroxylation sites is 2. The zero-order chi connectivity index (χ0) is 11.5. The number of anilines is 2. The van der Waals surface area contributed by atoms with Crippen molar-refractivity contribution < 1.29 is 5.11 Å². The van der Waals surface area contributed by atoms with Crippen molar-refractivity contribution in [2.75, 3.05) is 5.32 Å². The fourth-order valence-electron chi connectivity index (χ4n) is 1.78. The Morgan fingerprint density at radius 1 is 0.938 bits per heavy atom. The van der Waals surface area contributed by atoms with Crippen LogP contribution in [0.15, 0.2) is 42.5 Å². The molecule has 0 unspecified atom stereocenters. The monoisotopic (exact) mass is 213 g/mol. The van der Waals surface area contributed by atoms with E-state index in [1.165, 1.54) is 11.1 Å². The molecular formula is C14H15NO. The predicted molar refractivity (Wildman–Crippen MR) is 67.3 cm³/mol. The molecule has 0 aliphatic rings. The second-order valence-corrected chi connectivity index (χ2v) is 4.02. The number of aromatic hydroxyl groups is 1. The molecule has 0 saturated carbocycles. The van der Waals surface area contributed by atoms with E-state index in [1.807, 2.05) is 18.2 Å². The van der Waals surface area contributed by atoms with E-state index >= 15 is 0 Å². The topological polar surface area (TPSA) is 32.3 Å². The molecule has 2 aromatic rings. The molecule has 16 heavy (non-hydrogen) atoms. The molecule has 0 heterocycles. The zero-order valence-corrected chi connectivity index (χ0v) is 9.49. The van der Waals surface area contributed by atoms with Gasteiger partial charge in [-0.2, -0.15) is 0 Å². The number of aryl methyl sites for hydroxylation is 2. The molecule has 0 saturated heterocycles. The van der Waals surface area contributed by atoms with Crippen LogP contribution < -0.4 is 5.32 Å². The second kappa shape index (κ2) is 4.27. The third-order valence-electron chi connectivity index (χ3n) is 2.40. The van der Waals surface area contributed by atoms with Crippen molar-refractivity contribution in [3.63, 3.8) is 0 Å². The Bertz CT molecular complexity index is 486. The Morgan fingerprint density at radius 2 is 1.56 bits per heavy atom. The summed E-state index contributed by atoms with van der Waals surface area (Å²) in [6.45, 7) is 4.12. The van der Waals surface area contributed by atoms with Gasteiger partial charge >= 0.3 is 0 Å². The van der Waals surface area contributed by atoms with E-state index < -0.39 is 0 Å². The van der Waals surface area contributed by atoms with Gasteiger partial charge in [-0.05, 0) is 49.2 Å². The maximum absolute atomic E-state index is 9.65. The summed E-state index contributed by atoms with van der Waals surface area (Å²) in [6.07, 6.45) is 0. The normalized spacial score (nSPS) is 10.1. The molecular weight excluding hydrogens is 198 g/mol. The number of hydrogen-bond acceptors (Lipinski definition) is 2. The van der Waals surface area contributed by atoms with E-state index in [2.05, 4.69) is 37.4 Å². The molecule has 0 fully saturated rings. The van der Waals surface area contributed by atoms with Gasteiger partial charge in [-0.15, -0.1) is 0 Å². The lowest BCUT2D eigenvalue weighted by molar-refractivity contribution is 0.478. The average molecular weight is 213 g/mol. The number of benzene rings is 2. The van der Waals surface area contributed by atoms with E-state index in [-0.39, 0.29) is 5.75 Å². The molecule has 2 heteroatoms. The number of phenolic OH excluding ortho intramolecular Hbond substituents is 1. The quantitative estimate of drug-likeness (QED) is 0.744. The van der Waals surface area contributed by atoms with Crippen LogP contribution in [0.1, 0.15) is 11.1 Å². The van der Waals surface area contributed by atoms with Crippen LogP contribution >= 0.6 is 0 Å². The Kier molecular flexibility index (Phi) is 2.82. The Morgan fingerprint density at radius 3 is 2.19 bits per heavy atom. The zero-order valence-electron chi connectivity index (χ0n) is 9.49. The van der Waals surface area contributed by atoms with Crippen molar-refractivity contribution in [2.24, 2.45) is 0 Å². The van der Waals surface area contributed by atoms with Gasteiger partial charge in [-0.3, -0.25) is 0 Å². The highest BCUT2D eigenvalue weighted by atomic mass is 16.3. The lowest BCUT2D eigenvalue weighted by Crippen LogP contribution is -1.92. The van der Waals surface area contributed by atoms with Gasteiger partial charge in [0.05, 0.1) is 5.69 Å². The number of nitrogens with one attached hydrogen (secondary N) is 1. The molecule has 2 rings (SSSR count). The first-order chi connectivity index (χ1) is 7.65. The first-order valence-electron chi connectivity index (χ1n) is 5.28. The summed E-state index contributed by atoms with van der Waals surface area (Å²) >= 11 is 0. The summed E-state index contributed by atoms with van der Waals surface area (Å²) in [5.74, 6) is 0.265. The van der Waals surface area contributed by atoms with Crippen LogP contribution in [0.3, 0.4) is 0 Å². The molecule has 2 nitrogen and oxygen atoms in total. The van der Waals surface area contributed by atoms with Crippen LogP contribution in [0.2, 0.25) is 0 Å². The SMILES string of the molecule is Cc1cc(C)cc(Nc2ccccc2O)c1. The van der Waals surface area contributed by atoms with Gasteiger partial charge in [0.15, 0.2) is 0 Å². The van der Waals surface area contributed by atoms with E-state index in [1.54, 1.807) is 6.07 Å². The van der Waals surface area contributed by atoms with Crippen molar-refractivity contribution in [3.8, 4) is 5.75 Å². The molecule has 0 spiro atoms. The third-order valence-corrected chi connectivity index (χ3v) is 2.40. The van der Waals surface area contributed by atoms with Gasteiger partial charge in [0.25, 0.3) is 0 Å². The molecule has 0 bridgehead atoms. The van der Waals surface area contributed by atoms with Gasteiger partial charge in [0.2, 0.25) is 0 Å². The lowest BCUT2D eigenvalue weighted by Gasteiger charge is -2.09. The van der Waals surface area contributed by atoms with Crippen molar-refractivity contribution in [3.05, 3.63) is 53.6 Å². The van der Waals surface area contributed by atoms with E-state index in [0.29, 0.717) is 0 Å². The molecule has 0 amide bonds.